The van der Waals surface area contributed by atoms with E-state index in [4.69, 9.17) is 9.05 Å². The van der Waals surface area contributed by atoms with Crippen molar-refractivity contribution in [2.75, 3.05) is 13.2 Å². The maximum Gasteiger partial charge on any atom is 0.363 e. The fourth-order valence-corrected chi connectivity index (χ4v) is 2.87. The molecular weight excluding hydrogens is 229 g/mol. The van der Waals surface area contributed by atoms with E-state index in [0.717, 1.165) is 0 Å². The smallest absolute Gasteiger partial charge is 0.363 e. The van der Waals surface area contributed by atoms with Gasteiger partial charge in [-0.2, -0.15) is 0 Å². The summed E-state index contributed by atoms with van der Waals surface area (Å²) < 4.78 is 22.3. The highest BCUT2D eigenvalue weighted by molar-refractivity contribution is 7.54. The van der Waals surface area contributed by atoms with Crippen molar-refractivity contribution in [3.63, 3.8) is 0 Å². The van der Waals surface area contributed by atoms with E-state index < -0.39 is 13.4 Å². The van der Waals surface area contributed by atoms with E-state index in [1.165, 1.54) is 12.4 Å². The van der Waals surface area contributed by atoms with Crippen molar-refractivity contribution in [2.45, 2.75) is 19.7 Å². The van der Waals surface area contributed by atoms with Gasteiger partial charge in [-0.05, 0) is 31.5 Å². The fraction of sp³-hybridized carbons (Fsp3) is 0.500. The maximum atomic E-state index is 12.2. The van der Waals surface area contributed by atoms with E-state index in [0.29, 0.717) is 5.56 Å². The predicted molar refractivity (Wildman–Crippen MR) is 60.1 cm³/mol. The van der Waals surface area contributed by atoms with E-state index in [1.807, 2.05) is 0 Å². The molecule has 0 spiro atoms. The van der Waals surface area contributed by atoms with Crippen molar-refractivity contribution in [3.05, 3.63) is 30.1 Å². The molecule has 1 aromatic rings. The van der Waals surface area contributed by atoms with Crippen LogP contribution in [0.2, 0.25) is 0 Å². The first kappa shape index (κ1) is 13.3. The molecule has 0 aliphatic rings. The molecule has 0 amide bonds. The molecule has 0 fully saturated rings. The fourth-order valence-electron chi connectivity index (χ4n) is 1.26. The molecule has 1 aromatic heterocycles. The average molecular weight is 245 g/mol. The van der Waals surface area contributed by atoms with Gasteiger partial charge in [0.15, 0.2) is 5.85 Å². The number of hydrogen-bond donors (Lipinski definition) is 1. The van der Waals surface area contributed by atoms with Crippen molar-refractivity contribution in [1.82, 2.24) is 4.98 Å². The molecule has 0 unspecified atom stereocenters. The van der Waals surface area contributed by atoms with E-state index in [2.05, 4.69) is 4.98 Å². The third-order valence-corrected chi connectivity index (χ3v) is 4.06. The largest absolute Gasteiger partial charge is 0.376 e. The van der Waals surface area contributed by atoms with Gasteiger partial charge >= 0.3 is 7.60 Å². The molecule has 90 valence electrons. The Bertz CT molecular complexity index is 347. The van der Waals surface area contributed by atoms with Crippen LogP contribution in [0.15, 0.2) is 24.5 Å². The van der Waals surface area contributed by atoms with E-state index in [-0.39, 0.29) is 13.2 Å². The third-order valence-electron chi connectivity index (χ3n) is 1.92. The second-order valence-electron chi connectivity index (χ2n) is 3.03. The topological polar surface area (TPSA) is 68.7 Å². The number of rotatable bonds is 6. The number of nitrogens with zero attached hydrogens (tertiary/aromatic N) is 1. The first-order valence-corrected chi connectivity index (χ1v) is 6.72. The lowest BCUT2D eigenvalue weighted by Crippen LogP contribution is -2.06. The van der Waals surface area contributed by atoms with E-state index in [9.17, 15) is 9.67 Å². The molecule has 0 aliphatic heterocycles. The van der Waals surface area contributed by atoms with Crippen molar-refractivity contribution in [2.24, 2.45) is 0 Å². The average Bonchev–Trinajstić information content (AvgIpc) is 2.30. The lowest BCUT2D eigenvalue weighted by atomic mass is 10.3. The lowest BCUT2D eigenvalue weighted by Gasteiger charge is -2.22. The number of aliphatic hydroxyl groups is 1. The van der Waals surface area contributed by atoms with Crippen LogP contribution >= 0.6 is 7.60 Å². The molecule has 0 bridgehead atoms. The lowest BCUT2D eigenvalue weighted by molar-refractivity contribution is 0.150. The van der Waals surface area contributed by atoms with Gasteiger partial charge in [0.1, 0.15) is 0 Å². The number of aliphatic hydroxyl groups excluding tert-OH is 1. The summed E-state index contributed by atoms with van der Waals surface area (Å²) in [6.07, 6.45) is 3.03. The molecule has 6 heteroatoms. The summed E-state index contributed by atoms with van der Waals surface area (Å²) in [5.41, 5.74) is 0.472. The first-order valence-electron chi connectivity index (χ1n) is 5.10. The van der Waals surface area contributed by atoms with Crippen LogP contribution in [-0.4, -0.2) is 23.3 Å². The molecule has 0 aliphatic carbocycles. The standard InChI is InChI=1S/C10H16NO4P/c1-3-14-16(13,15-4-2)10(12)9-5-7-11-8-6-9/h5-8,10,12H,3-4H2,1-2H3/t10-/m0/s1. The molecule has 0 radical (unpaired) electrons. The van der Waals surface area contributed by atoms with Gasteiger partial charge < -0.3 is 14.2 Å². The van der Waals surface area contributed by atoms with Crippen LogP contribution in [0.4, 0.5) is 0 Å². The van der Waals surface area contributed by atoms with Gasteiger partial charge in [0.2, 0.25) is 0 Å². The molecule has 1 N–H and O–H groups in total. The van der Waals surface area contributed by atoms with Crippen LogP contribution in [-0.2, 0) is 13.6 Å². The second-order valence-corrected chi connectivity index (χ2v) is 5.11. The molecule has 1 heterocycles. The molecule has 1 atom stereocenters. The Hall–Kier alpha value is -0.740. The zero-order valence-corrected chi connectivity index (χ0v) is 10.3. The Morgan fingerprint density at radius 1 is 1.31 bits per heavy atom. The highest BCUT2D eigenvalue weighted by Crippen LogP contribution is 2.59. The zero-order valence-electron chi connectivity index (χ0n) is 9.37. The molecule has 0 saturated heterocycles. The van der Waals surface area contributed by atoms with Crippen molar-refractivity contribution in [1.29, 1.82) is 0 Å². The number of hydrogen-bond acceptors (Lipinski definition) is 5. The molecular formula is C10H16NO4P. The Balaban J connectivity index is 2.91. The SMILES string of the molecule is CCOP(=O)(OCC)[C@H](O)c1ccncc1. The minimum atomic E-state index is -3.50. The molecule has 1 rings (SSSR count). The molecule has 0 saturated carbocycles. The summed E-state index contributed by atoms with van der Waals surface area (Å²) in [5, 5.41) is 9.96. The third kappa shape index (κ3) is 3.12. The quantitative estimate of drug-likeness (QED) is 0.779. The van der Waals surface area contributed by atoms with Crippen LogP contribution < -0.4 is 0 Å². The Morgan fingerprint density at radius 2 is 1.81 bits per heavy atom. The van der Waals surface area contributed by atoms with Gasteiger partial charge in [-0.25, -0.2) is 0 Å². The second kappa shape index (κ2) is 6.11. The van der Waals surface area contributed by atoms with Crippen molar-refractivity contribution in [3.8, 4) is 0 Å². The Labute approximate surface area is 95.0 Å². The highest BCUT2D eigenvalue weighted by atomic mass is 31.2. The van der Waals surface area contributed by atoms with Crippen molar-refractivity contribution < 1.29 is 18.7 Å². The summed E-state index contributed by atoms with van der Waals surface area (Å²) in [4.78, 5) is 3.82. The van der Waals surface area contributed by atoms with Gasteiger partial charge in [-0.3, -0.25) is 9.55 Å². The van der Waals surface area contributed by atoms with Crippen LogP contribution in [0.1, 0.15) is 25.3 Å². The van der Waals surface area contributed by atoms with Crippen LogP contribution in [0.3, 0.4) is 0 Å². The Kier molecular flexibility index (Phi) is 5.09. The van der Waals surface area contributed by atoms with Gasteiger partial charge in [-0.1, -0.05) is 0 Å². The predicted octanol–water partition coefficient (Wildman–Crippen LogP) is 2.34. The summed E-state index contributed by atoms with van der Waals surface area (Å²) in [7, 11) is -3.50. The van der Waals surface area contributed by atoms with Gasteiger partial charge in [-0.15, -0.1) is 0 Å². The van der Waals surface area contributed by atoms with Gasteiger partial charge in [0.25, 0.3) is 0 Å². The minimum Gasteiger partial charge on any atom is -0.376 e. The molecule has 16 heavy (non-hydrogen) atoms. The van der Waals surface area contributed by atoms with Gasteiger partial charge in [0, 0.05) is 12.4 Å². The summed E-state index contributed by atoms with van der Waals surface area (Å²) in [6, 6.07) is 3.16. The van der Waals surface area contributed by atoms with Crippen LogP contribution in [0, 0.1) is 0 Å². The van der Waals surface area contributed by atoms with E-state index >= 15 is 0 Å². The Morgan fingerprint density at radius 3 is 2.25 bits per heavy atom. The monoisotopic (exact) mass is 245 g/mol. The van der Waals surface area contributed by atoms with Crippen molar-refractivity contribution >= 4 is 7.60 Å². The highest BCUT2D eigenvalue weighted by Gasteiger charge is 2.35. The molecule has 5 nitrogen and oxygen atoms in total. The summed E-state index contributed by atoms with van der Waals surface area (Å²) >= 11 is 0. The van der Waals surface area contributed by atoms with Crippen LogP contribution in [0.25, 0.3) is 0 Å². The first-order chi connectivity index (χ1) is 7.64. The summed E-state index contributed by atoms with van der Waals surface area (Å²) in [6.45, 7) is 3.84. The molecule has 0 aromatic carbocycles. The van der Waals surface area contributed by atoms with Crippen LogP contribution in [0.5, 0.6) is 0 Å². The zero-order chi connectivity index (χ0) is 12.0. The summed E-state index contributed by atoms with van der Waals surface area (Å²) in [5.74, 6) is -1.27. The number of pyridine rings is 1. The van der Waals surface area contributed by atoms with E-state index in [1.54, 1.807) is 26.0 Å². The maximum absolute atomic E-state index is 12.2. The minimum absolute atomic E-state index is 0.222. The van der Waals surface area contributed by atoms with Gasteiger partial charge in [0.05, 0.1) is 13.2 Å². The normalized spacial score (nSPS) is 13.7. The number of aromatic nitrogens is 1.